The van der Waals surface area contributed by atoms with Crippen LogP contribution in [0.3, 0.4) is 0 Å². The molecule has 0 aliphatic heterocycles. The van der Waals surface area contributed by atoms with Gasteiger partial charge in [0.2, 0.25) is 0 Å². The summed E-state index contributed by atoms with van der Waals surface area (Å²) >= 11 is 23.5. The minimum Gasteiger partial charge on any atom is -0.166 e. The van der Waals surface area contributed by atoms with Crippen molar-refractivity contribution in [2.24, 2.45) is 0 Å². The van der Waals surface area contributed by atoms with E-state index in [4.69, 9.17) is 46.4 Å². The Hall–Kier alpha value is -0.610. The summed E-state index contributed by atoms with van der Waals surface area (Å²) in [5.41, 5.74) is 0.0562. The maximum atomic E-state index is 12.6. The van der Waals surface area contributed by atoms with Gasteiger partial charge in [-0.15, -0.1) is 0 Å². The zero-order valence-corrected chi connectivity index (χ0v) is 12.6. The SMILES string of the molecule is FC(F)(F)c1ccc(-c2cc(Cl)c(Cl)c(Cl)c2)c(Cl)c1. The van der Waals surface area contributed by atoms with E-state index in [-0.39, 0.29) is 20.1 Å². The van der Waals surface area contributed by atoms with Gasteiger partial charge in [-0.05, 0) is 29.8 Å². The van der Waals surface area contributed by atoms with Gasteiger partial charge in [0.05, 0.1) is 20.6 Å². The first kappa shape index (κ1) is 15.8. The van der Waals surface area contributed by atoms with E-state index in [1.165, 1.54) is 18.2 Å². The lowest BCUT2D eigenvalue weighted by Crippen LogP contribution is -2.04. The highest BCUT2D eigenvalue weighted by molar-refractivity contribution is 6.48. The Morgan fingerprint density at radius 1 is 0.750 bits per heavy atom. The largest absolute Gasteiger partial charge is 0.416 e. The summed E-state index contributed by atoms with van der Waals surface area (Å²) < 4.78 is 37.7. The van der Waals surface area contributed by atoms with E-state index < -0.39 is 11.7 Å². The predicted octanol–water partition coefficient (Wildman–Crippen LogP) is 6.99. The van der Waals surface area contributed by atoms with Crippen molar-refractivity contribution in [1.29, 1.82) is 0 Å². The number of hydrogen-bond acceptors (Lipinski definition) is 0. The maximum absolute atomic E-state index is 12.6. The van der Waals surface area contributed by atoms with Gasteiger partial charge in [-0.1, -0.05) is 52.5 Å². The van der Waals surface area contributed by atoms with Crippen LogP contribution in [-0.2, 0) is 6.18 Å². The fraction of sp³-hybridized carbons (Fsp3) is 0.0769. The second-order valence-electron chi connectivity index (χ2n) is 3.95. The van der Waals surface area contributed by atoms with Crippen molar-refractivity contribution in [3.63, 3.8) is 0 Å². The van der Waals surface area contributed by atoms with Gasteiger partial charge < -0.3 is 0 Å². The van der Waals surface area contributed by atoms with E-state index in [0.29, 0.717) is 11.1 Å². The predicted molar refractivity (Wildman–Crippen MR) is 76.9 cm³/mol. The average Bonchev–Trinajstić information content (AvgIpc) is 2.34. The van der Waals surface area contributed by atoms with E-state index in [9.17, 15) is 13.2 Å². The third-order valence-electron chi connectivity index (χ3n) is 2.59. The molecule has 0 N–H and O–H groups in total. The summed E-state index contributed by atoms with van der Waals surface area (Å²) in [6, 6.07) is 6.04. The van der Waals surface area contributed by atoms with Crippen LogP contribution in [0.1, 0.15) is 5.56 Å². The molecule has 2 rings (SSSR count). The molecule has 0 aromatic heterocycles. The van der Waals surface area contributed by atoms with E-state index in [1.54, 1.807) is 0 Å². The highest BCUT2D eigenvalue weighted by Gasteiger charge is 2.31. The molecule has 20 heavy (non-hydrogen) atoms. The summed E-state index contributed by atoms with van der Waals surface area (Å²) in [5, 5.41) is 0.532. The highest BCUT2D eigenvalue weighted by Crippen LogP contribution is 2.39. The molecule has 2 aromatic carbocycles. The molecule has 0 aliphatic rings. The lowest BCUT2D eigenvalue weighted by atomic mass is 10.0. The molecule has 0 unspecified atom stereocenters. The fourth-order valence-corrected chi connectivity index (χ4v) is 2.52. The molecule has 0 radical (unpaired) electrons. The molecule has 0 amide bonds. The topological polar surface area (TPSA) is 0 Å². The van der Waals surface area contributed by atoms with Crippen molar-refractivity contribution in [2.75, 3.05) is 0 Å². The molecular formula is C13H5Cl4F3. The molecule has 0 nitrogen and oxygen atoms in total. The first-order valence-electron chi connectivity index (χ1n) is 5.22. The molecular weight excluding hydrogens is 355 g/mol. The van der Waals surface area contributed by atoms with Crippen LogP contribution in [0.5, 0.6) is 0 Å². The number of rotatable bonds is 1. The van der Waals surface area contributed by atoms with Crippen molar-refractivity contribution in [2.45, 2.75) is 6.18 Å². The van der Waals surface area contributed by atoms with Gasteiger partial charge in [0.25, 0.3) is 0 Å². The zero-order valence-electron chi connectivity index (χ0n) is 9.53. The Labute approximate surface area is 133 Å². The van der Waals surface area contributed by atoms with Crippen LogP contribution in [0.15, 0.2) is 30.3 Å². The van der Waals surface area contributed by atoms with Crippen molar-refractivity contribution >= 4 is 46.4 Å². The fourth-order valence-electron chi connectivity index (χ4n) is 1.64. The van der Waals surface area contributed by atoms with Crippen LogP contribution in [-0.4, -0.2) is 0 Å². The van der Waals surface area contributed by atoms with Gasteiger partial charge in [0.1, 0.15) is 0 Å². The van der Waals surface area contributed by atoms with Crippen molar-refractivity contribution in [3.8, 4) is 11.1 Å². The van der Waals surface area contributed by atoms with Gasteiger partial charge in [-0.3, -0.25) is 0 Å². The molecule has 0 saturated carbocycles. The maximum Gasteiger partial charge on any atom is 0.416 e. The Kier molecular flexibility index (Phi) is 4.45. The Morgan fingerprint density at radius 2 is 1.30 bits per heavy atom. The lowest BCUT2D eigenvalue weighted by Gasteiger charge is -2.11. The minimum absolute atomic E-state index is 0.0470. The van der Waals surface area contributed by atoms with Crippen LogP contribution >= 0.6 is 46.4 Å². The smallest absolute Gasteiger partial charge is 0.166 e. The lowest BCUT2D eigenvalue weighted by molar-refractivity contribution is -0.137. The van der Waals surface area contributed by atoms with Gasteiger partial charge in [0.15, 0.2) is 0 Å². The number of alkyl halides is 3. The van der Waals surface area contributed by atoms with E-state index in [2.05, 4.69) is 0 Å². The van der Waals surface area contributed by atoms with Gasteiger partial charge in [-0.25, -0.2) is 0 Å². The second kappa shape index (κ2) is 5.64. The first-order chi connectivity index (χ1) is 9.20. The number of benzene rings is 2. The van der Waals surface area contributed by atoms with Gasteiger partial charge >= 0.3 is 6.18 Å². The molecule has 0 fully saturated rings. The summed E-state index contributed by atoms with van der Waals surface area (Å²) in [4.78, 5) is 0. The van der Waals surface area contributed by atoms with Crippen LogP contribution < -0.4 is 0 Å². The van der Waals surface area contributed by atoms with Crippen LogP contribution in [0.25, 0.3) is 11.1 Å². The summed E-state index contributed by atoms with van der Waals surface area (Å²) in [6.45, 7) is 0. The molecule has 0 atom stereocenters. The van der Waals surface area contributed by atoms with E-state index in [1.807, 2.05) is 0 Å². The summed E-state index contributed by atoms with van der Waals surface area (Å²) in [7, 11) is 0. The molecule has 0 saturated heterocycles. The third kappa shape index (κ3) is 3.17. The Morgan fingerprint density at radius 3 is 1.75 bits per heavy atom. The second-order valence-corrected chi connectivity index (χ2v) is 5.55. The van der Waals surface area contributed by atoms with Crippen LogP contribution in [0.2, 0.25) is 20.1 Å². The normalized spacial score (nSPS) is 11.8. The van der Waals surface area contributed by atoms with E-state index in [0.717, 1.165) is 12.1 Å². The van der Waals surface area contributed by atoms with Crippen molar-refractivity contribution in [1.82, 2.24) is 0 Å². The third-order valence-corrected chi connectivity index (χ3v) is 4.10. The molecule has 0 heterocycles. The Balaban J connectivity index is 2.54. The van der Waals surface area contributed by atoms with Crippen LogP contribution in [0, 0.1) is 0 Å². The minimum atomic E-state index is -4.45. The molecule has 0 aliphatic carbocycles. The quantitative estimate of drug-likeness (QED) is 0.481. The Bertz CT molecular complexity index is 642. The molecule has 0 bridgehead atoms. The zero-order chi connectivity index (χ0) is 15.1. The van der Waals surface area contributed by atoms with Crippen molar-refractivity contribution in [3.05, 3.63) is 56.0 Å². The van der Waals surface area contributed by atoms with Gasteiger partial charge in [0, 0.05) is 10.6 Å². The summed E-state index contributed by atoms with van der Waals surface area (Å²) in [5.74, 6) is 0. The standard InChI is InChI=1S/C13H5Cl4F3/c14-9-5-7(13(18,19)20)1-2-8(9)6-3-10(15)12(17)11(16)4-6/h1-5H. The molecule has 2 aromatic rings. The summed E-state index contributed by atoms with van der Waals surface area (Å²) in [6.07, 6.45) is -4.45. The monoisotopic (exact) mass is 358 g/mol. The highest BCUT2D eigenvalue weighted by atomic mass is 35.5. The molecule has 106 valence electrons. The average molecular weight is 360 g/mol. The number of hydrogen-bond donors (Lipinski definition) is 0. The molecule has 7 heteroatoms. The first-order valence-corrected chi connectivity index (χ1v) is 6.73. The molecule has 0 spiro atoms. The number of halogens is 7. The van der Waals surface area contributed by atoms with E-state index >= 15 is 0 Å². The van der Waals surface area contributed by atoms with Gasteiger partial charge in [-0.2, -0.15) is 13.2 Å². The van der Waals surface area contributed by atoms with Crippen molar-refractivity contribution < 1.29 is 13.2 Å². The van der Waals surface area contributed by atoms with Crippen LogP contribution in [0.4, 0.5) is 13.2 Å².